The number of aromatic nitrogens is 4. The fraction of sp³-hybridized carbons (Fsp3) is 0.545. The molecule has 0 aromatic carbocycles. The summed E-state index contributed by atoms with van der Waals surface area (Å²) in [4.78, 5) is 15.1. The Labute approximate surface area is 124 Å². The van der Waals surface area contributed by atoms with E-state index in [2.05, 4.69) is 30.3 Å². The number of nitrogens with one attached hydrogen (secondary N) is 1. The van der Waals surface area contributed by atoms with Gasteiger partial charge in [0.25, 0.3) is 0 Å². The minimum Gasteiger partial charge on any atom is -0.394 e. The van der Waals surface area contributed by atoms with Crippen LogP contribution in [0.4, 0.5) is 5.82 Å². The third-order valence-electron chi connectivity index (χ3n) is 3.57. The number of imidazole rings is 1. The summed E-state index contributed by atoms with van der Waals surface area (Å²) in [5, 5.41) is 26.0. The Morgan fingerprint density at radius 2 is 2.32 bits per heavy atom. The van der Waals surface area contributed by atoms with Gasteiger partial charge in [0.15, 0.2) is 17.7 Å². The number of hydrogen-bond donors (Lipinski definition) is 3. The Hall–Kier alpha value is -2.46. The van der Waals surface area contributed by atoms with Gasteiger partial charge in [-0.2, -0.15) is 0 Å². The number of nitrogens with zero attached hydrogens (tertiary/aromatic N) is 7. The Kier molecular flexibility index (Phi) is 3.77. The number of ether oxygens (including phenoxy) is 1. The van der Waals surface area contributed by atoms with E-state index in [1.54, 1.807) is 7.05 Å². The van der Waals surface area contributed by atoms with E-state index in [-0.39, 0.29) is 6.61 Å². The Bertz CT molecular complexity index is 727. The SMILES string of the molecule is CNc1ncnc2c1ncn2C1OC(CO)C(N=[N+]=[N-])C1O. The molecule has 1 fully saturated rings. The largest absolute Gasteiger partial charge is 0.394 e. The molecule has 0 saturated carbocycles. The van der Waals surface area contributed by atoms with Crippen molar-refractivity contribution < 1.29 is 14.9 Å². The Balaban J connectivity index is 2.03. The fourth-order valence-electron chi connectivity index (χ4n) is 2.53. The van der Waals surface area contributed by atoms with Crippen LogP contribution in [-0.4, -0.2) is 61.6 Å². The summed E-state index contributed by atoms with van der Waals surface area (Å²) in [6, 6.07) is -0.886. The van der Waals surface area contributed by atoms with Gasteiger partial charge in [-0.3, -0.25) is 4.57 Å². The molecule has 2 aromatic rings. The minimum absolute atomic E-state index is 0.374. The van der Waals surface area contributed by atoms with E-state index >= 15 is 0 Å². The molecule has 1 aliphatic heterocycles. The predicted octanol–water partition coefficient (Wildman–Crippen LogP) is -0.203. The first-order valence-electron chi connectivity index (χ1n) is 6.55. The van der Waals surface area contributed by atoms with Gasteiger partial charge in [0.1, 0.15) is 17.9 Å². The first kappa shape index (κ1) is 14.5. The van der Waals surface area contributed by atoms with Crippen molar-refractivity contribution >= 4 is 17.0 Å². The lowest BCUT2D eigenvalue weighted by Gasteiger charge is -2.16. The average Bonchev–Trinajstić information content (AvgIpc) is 3.09. The third kappa shape index (κ3) is 2.12. The molecule has 0 amide bonds. The van der Waals surface area contributed by atoms with Crippen LogP contribution in [0.2, 0.25) is 0 Å². The van der Waals surface area contributed by atoms with Crippen LogP contribution in [0.25, 0.3) is 21.6 Å². The molecule has 0 aliphatic carbocycles. The molecule has 0 spiro atoms. The van der Waals surface area contributed by atoms with Gasteiger partial charge < -0.3 is 20.3 Å². The highest BCUT2D eigenvalue weighted by molar-refractivity contribution is 5.82. The van der Waals surface area contributed by atoms with E-state index in [1.165, 1.54) is 17.2 Å². The molecule has 4 unspecified atom stereocenters. The van der Waals surface area contributed by atoms with Gasteiger partial charge in [-0.05, 0) is 5.53 Å². The maximum atomic E-state index is 10.3. The van der Waals surface area contributed by atoms with Crippen molar-refractivity contribution in [1.82, 2.24) is 19.5 Å². The summed E-state index contributed by atoms with van der Waals surface area (Å²) in [6.45, 7) is -0.374. The van der Waals surface area contributed by atoms with Crippen LogP contribution in [-0.2, 0) is 4.74 Å². The van der Waals surface area contributed by atoms with Gasteiger partial charge in [0.2, 0.25) is 0 Å². The van der Waals surface area contributed by atoms with E-state index in [9.17, 15) is 10.2 Å². The molecule has 11 nitrogen and oxygen atoms in total. The van der Waals surface area contributed by atoms with Crippen molar-refractivity contribution in [3.05, 3.63) is 23.1 Å². The molecule has 0 bridgehead atoms. The number of anilines is 1. The topological polar surface area (TPSA) is 154 Å². The lowest BCUT2D eigenvalue weighted by molar-refractivity contribution is -0.0488. The molecule has 22 heavy (non-hydrogen) atoms. The molecule has 11 heteroatoms. The Morgan fingerprint density at radius 3 is 3.00 bits per heavy atom. The highest BCUT2D eigenvalue weighted by Gasteiger charge is 2.44. The van der Waals surface area contributed by atoms with Crippen LogP contribution >= 0.6 is 0 Å². The number of rotatable bonds is 4. The normalized spacial score (nSPS) is 27.8. The van der Waals surface area contributed by atoms with Crippen molar-refractivity contribution in [2.45, 2.75) is 24.5 Å². The summed E-state index contributed by atoms with van der Waals surface area (Å²) in [6.07, 6.45) is 0.0398. The van der Waals surface area contributed by atoms with Gasteiger partial charge in [0, 0.05) is 12.0 Å². The second-order valence-corrected chi connectivity index (χ2v) is 4.73. The molecular weight excluding hydrogens is 292 g/mol. The average molecular weight is 306 g/mol. The lowest BCUT2D eigenvalue weighted by atomic mass is 10.1. The zero-order valence-electron chi connectivity index (χ0n) is 11.6. The quantitative estimate of drug-likeness (QED) is 0.401. The van der Waals surface area contributed by atoms with E-state index in [4.69, 9.17) is 10.3 Å². The summed E-state index contributed by atoms with van der Waals surface area (Å²) in [5.41, 5.74) is 9.56. The molecule has 3 rings (SSSR count). The van der Waals surface area contributed by atoms with Crippen molar-refractivity contribution in [3.63, 3.8) is 0 Å². The summed E-state index contributed by atoms with van der Waals surface area (Å²) in [7, 11) is 1.71. The van der Waals surface area contributed by atoms with Crippen LogP contribution < -0.4 is 5.32 Å². The maximum Gasteiger partial charge on any atom is 0.167 e. The molecule has 3 N–H and O–H groups in total. The molecule has 2 aromatic heterocycles. The standard InChI is InChI=1S/C11H14N8O3/c1-13-9-7-10(15-3-14-9)19(4-16-7)11-8(21)6(17-18-12)5(2-20)22-11/h3-6,8,11,20-21H,2H2,1H3,(H,13,14,15). The maximum absolute atomic E-state index is 10.3. The van der Waals surface area contributed by atoms with Crippen LogP contribution in [0, 0.1) is 0 Å². The van der Waals surface area contributed by atoms with Crippen LogP contribution in [0.3, 0.4) is 0 Å². The first-order chi connectivity index (χ1) is 10.7. The second-order valence-electron chi connectivity index (χ2n) is 4.73. The number of hydrogen-bond acceptors (Lipinski definition) is 8. The highest BCUT2D eigenvalue weighted by atomic mass is 16.5. The van der Waals surface area contributed by atoms with E-state index in [1.807, 2.05) is 0 Å². The number of azide groups is 1. The molecule has 1 saturated heterocycles. The zero-order chi connectivity index (χ0) is 15.7. The molecule has 0 radical (unpaired) electrons. The molecular formula is C11H14N8O3. The minimum atomic E-state index is -1.13. The highest BCUT2D eigenvalue weighted by Crippen LogP contribution is 2.33. The third-order valence-corrected chi connectivity index (χ3v) is 3.57. The van der Waals surface area contributed by atoms with E-state index < -0.39 is 24.5 Å². The molecule has 1 aliphatic rings. The number of aliphatic hydroxyl groups is 2. The van der Waals surface area contributed by atoms with Gasteiger partial charge in [0.05, 0.1) is 25.1 Å². The van der Waals surface area contributed by atoms with Gasteiger partial charge in [-0.1, -0.05) is 5.11 Å². The van der Waals surface area contributed by atoms with E-state index in [0.29, 0.717) is 17.0 Å². The van der Waals surface area contributed by atoms with Gasteiger partial charge in [-0.15, -0.1) is 0 Å². The summed E-state index contributed by atoms with van der Waals surface area (Å²) in [5.74, 6) is 0.543. The van der Waals surface area contributed by atoms with Crippen molar-refractivity contribution in [3.8, 4) is 0 Å². The number of aliphatic hydroxyl groups excluding tert-OH is 2. The van der Waals surface area contributed by atoms with Crippen molar-refractivity contribution in [2.24, 2.45) is 5.11 Å². The fourth-order valence-corrected chi connectivity index (χ4v) is 2.53. The second kappa shape index (κ2) is 5.73. The van der Waals surface area contributed by atoms with Gasteiger partial charge >= 0.3 is 0 Å². The Morgan fingerprint density at radius 1 is 1.50 bits per heavy atom. The van der Waals surface area contributed by atoms with Crippen LogP contribution in [0.5, 0.6) is 0 Å². The summed E-state index contributed by atoms with van der Waals surface area (Å²) < 4.78 is 7.12. The smallest absolute Gasteiger partial charge is 0.167 e. The van der Waals surface area contributed by atoms with Crippen molar-refractivity contribution in [1.29, 1.82) is 0 Å². The summed E-state index contributed by atoms with van der Waals surface area (Å²) >= 11 is 0. The monoisotopic (exact) mass is 306 g/mol. The van der Waals surface area contributed by atoms with Crippen LogP contribution in [0.1, 0.15) is 6.23 Å². The van der Waals surface area contributed by atoms with E-state index in [0.717, 1.165) is 0 Å². The lowest BCUT2D eigenvalue weighted by Crippen LogP contribution is -2.31. The van der Waals surface area contributed by atoms with Gasteiger partial charge in [-0.25, -0.2) is 15.0 Å². The molecule has 3 heterocycles. The molecule has 116 valence electrons. The predicted molar refractivity (Wildman–Crippen MR) is 74.8 cm³/mol. The first-order valence-corrected chi connectivity index (χ1v) is 6.55. The zero-order valence-corrected chi connectivity index (χ0v) is 11.6. The molecule has 4 atom stereocenters. The van der Waals surface area contributed by atoms with Crippen molar-refractivity contribution in [2.75, 3.05) is 19.0 Å². The number of fused-ring (bicyclic) bond motifs is 1. The van der Waals surface area contributed by atoms with Crippen LogP contribution in [0.15, 0.2) is 17.8 Å².